The molecular formula is C9H11OP. The molecule has 0 saturated carbocycles. The summed E-state index contributed by atoms with van der Waals surface area (Å²) >= 11 is 0. The minimum atomic E-state index is 0.0700. The maximum Gasteiger partial charge on any atom is 0.178 e. The molecule has 58 valence electrons. The topological polar surface area (TPSA) is 17.1 Å². The Kier molecular flexibility index (Phi) is 2.41. The molecule has 0 aliphatic heterocycles. The highest BCUT2D eigenvalue weighted by Crippen LogP contribution is 2.16. The van der Waals surface area contributed by atoms with Gasteiger partial charge in [0.25, 0.3) is 0 Å². The van der Waals surface area contributed by atoms with Crippen LogP contribution < -0.4 is 0 Å². The van der Waals surface area contributed by atoms with E-state index in [4.69, 9.17) is 0 Å². The van der Waals surface area contributed by atoms with Crippen molar-refractivity contribution < 1.29 is 4.79 Å². The van der Waals surface area contributed by atoms with Crippen molar-refractivity contribution in [3.8, 4) is 0 Å². The fourth-order valence-corrected chi connectivity index (χ4v) is 1.66. The van der Waals surface area contributed by atoms with Crippen LogP contribution in [0.4, 0.5) is 0 Å². The van der Waals surface area contributed by atoms with Gasteiger partial charge >= 0.3 is 0 Å². The maximum atomic E-state index is 11.0. The van der Waals surface area contributed by atoms with Gasteiger partial charge in [0.05, 0.1) is 0 Å². The van der Waals surface area contributed by atoms with Crippen molar-refractivity contribution in [1.82, 2.24) is 0 Å². The molecule has 0 aromatic heterocycles. The monoisotopic (exact) mass is 166 g/mol. The summed E-state index contributed by atoms with van der Waals surface area (Å²) in [5, 5.41) is 0. The highest BCUT2D eigenvalue weighted by atomic mass is 31.0. The fourth-order valence-electron chi connectivity index (χ4n) is 1.20. The second-order valence-electron chi connectivity index (χ2n) is 2.63. The van der Waals surface area contributed by atoms with E-state index in [0.29, 0.717) is 0 Å². The van der Waals surface area contributed by atoms with E-state index in [1.807, 2.05) is 32.0 Å². The van der Waals surface area contributed by atoms with Gasteiger partial charge in [-0.15, -0.1) is 0 Å². The van der Waals surface area contributed by atoms with Crippen LogP contribution in [0.3, 0.4) is 0 Å². The Morgan fingerprint density at radius 2 is 1.73 bits per heavy atom. The smallest absolute Gasteiger partial charge is 0.178 e. The van der Waals surface area contributed by atoms with E-state index in [1.54, 1.807) is 0 Å². The van der Waals surface area contributed by atoms with Gasteiger partial charge in [0.2, 0.25) is 0 Å². The lowest BCUT2D eigenvalue weighted by atomic mass is 10.0. The number of carbonyl (C=O) groups excluding carboxylic acids is 1. The van der Waals surface area contributed by atoms with Crippen LogP contribution >= 0.6 is 9.24 Å². The maximum absolute atomic E-state index is 11.0. The van der Waals surface area contributed by atoms with Crippen molar-refractivity contribution in [1.29, 1.82) is 0 Å². The Balaban J connectivity index is 3.32. The van der Waals surface area contributed by atoms with E-state index in [1.165, 1.54) is 0 Å². The SMILES string of the molecule is Cc1cccc(C)c1C(=O)P. The van der Waals surface area contributed by atoms with Gasteiger partial charge in [0.15, 0.2) is 5.52 Å². The Morgan fingerprint density at radius 1 is 1.27 bits per heavy atom. The van der Waals surface area contributed by atoms with Crippen molar-refractivity contribution in [3.63, 3.8) is 0 Å². The molecular weight excluding hydrogens is 155 g/mol. The van der Waals surface area contributed by atoms with Gasteiger partial charge in [0.1, 0.15) is 0 Å². The molecule has 0 radical (unpaired) electrons. The Hall–Kier alpha value is -0.680. The Bertz CT molecular complexity index is 271. The summed E-state index contributed by atoms with van der Waals surface area (Å²) in [4.78, 5) is 11.0. The lowest BCUT2D eigenvalue weighted by molar-refractivity contribution is 0.108. The molecule has 0 N–H and O–H groups in total. The highest BCUT2D eigenvalue weighted by Gasteiger charge is 2.05. The largest absolute Gasteiger partial charge is 0.290 e. The third-order valence-corrected chi connectivity index (χ3v) is 2.02. The van der Waals surface area contributed by atoms with Crippen LogP contribution in [0.2, 0.25) is 0 Å². The first-order chi connectivity index (χ1) is 5.13. The molecule has 1 unspecified atom stereocenters. The van der Waals surface area contributed by atoms with Gasteiger partial charge in [-0.25, -0.2) is 0 Å². The average molecular weight is 166 g/mol. The van der Waals surface area contributed by atoms with Crippen molar-refractivity contribution in [2.45, 2.75) is 13.8 Å². The first-order valence-electron chi connectivity index (χ1n) is 3.49. The minimum Gasteiger partial charge on any atom is -0.290 e. The van der Waals surface area contributed by atoms with Gasteiger partial charge in [-0.2, -0.15) is 0 Å². The van der Waals surface area contributed by atoms with Crippen LogP contribution in [0, 0.1) is 13.8 Å². The van der Waals surface area contributed by atoms with Gasteiger partial charge < -0.3 is 0 Å². The van der Waals surface area contributed by atoms with E-state index in [2.05, 4.69) is 9.24 Å². The molecule has 0 bridgehead atoms. The molecule has 1 aromatic rings. The third-order valence-electron chi connectivity index (χ3n) is 1.73. The van der Waals surface area contributed by atoms with Crippen molar-refractivity contribution in [2.75, 3.05) is 0 Å². The summed E-state index contributed by atoms with van der Waals surface area (Å²) in [5.74, 6) is 0. The van der Waals surface area contributed by atoms with Gasteiger partial charge in [0, 0.05) is 5.56 Å². The van der Waals surface area contributed by atoms with E-state index < -0.39 is 0 Å². The Labute approximate surface area is 69.0 Å². The molecule has 11 heavy (non-hydrogen) atoms. The third kappa shape index (κ3) is 1.66. The molecule has 1 rings (SSSR count). The van der Waals surface area contributed by atoms with Gasteiger partial charge in [-0.3, -0.25) is 4.79 Å². The van der Waals surface area contributed by atoms with E-state index in [-0.39, 0.29) is 5.52 Å². The molecule has 1 atom stereocenters. The standard InChI is InChI=1S/C9H11OP/c1-6-4-3-5-7(2)8(6)9(10)11/h3-5H,11H2,1-2H3. The number of rotatable bonds is 1. The normalized spacial score (nSPS) is 9.73. The summed E-state index contributed by atoms with van der Waals surface area (Å²) in [7, 11) is 2.20. The van der Waals surface area contributed by atoms with E-state index >= 15 is 0 Å². The minimum absolute atomic E-state index is 0.0700. The first-order valence-corrected chi connectivity index (χ1v) is 4.06. The van der Waals surface area contributed by atoms with Crippen LogP contribution in [0.25, 0.3) is 0 Å². The average Bonchev–Trinajstić information content (AvgIpc) is 1.85. The number of aryl methyl sites for hydroxylation is 2. The molecule has 0 fully saturated rings. The van der Waals surface area contributed by atoms with Crippen LogP contribution in [0.5, 0.6) is 0 Å². The molecule has 1 aromatic carbocycles. The van der Waals surface area contributed by atoms with Crippen molar-refractivity contribution in [3.05, 3.63) is 34.9 Å². The number of carbonyl (C=O) groups is 1. The predicted molar refractivity (Wildman–Crippen MR) is 50.0 cm³/mol. The number of hydrogen-bond donors (Lipinski definition) is 0. The van der Waals surface area contributed by atoms with Crippen molar-refractivity contribution >= 4 is 14.8 Å². The highest BCUT2D eigenvalue weighted by molar-refractivity contribution is 7.41. The summed E-state index contributed by atoms with van der Waals surface area (Å²) in [6.07, 6.45) is 0. The quantitative estimate of drug-likeness (QED) is 0.585. The molecule has 0 aliphatic rings. The summed E-state index contributed by atoms with van der Waals surface area (Å²) in [6, 6.07) is 5.86. The molecule has 2 heteroatoms. The number of hydrogen-bond acceptors (Lipinski definition) is 1. The summed E-state index contributed by atoms with van der Waals surface area (Å²) < 4.78 is 0. The Morgan fingerprint density at radius 3 is 2.00 bits per heavy atom. The second-order valence-corrected chi connectivity index (χ2v) is 3.16. The predicted octanol–water partition coefficient (Wildman–Crippen LogP) is 2.32. The molecule has 0 spiro atoms. The molecule has 0 heterocycles. The van der Waals surface area contributed by atoms with E-state index in [9.17, 15) is 4.79 Å². The lowest BCUT2D eigenvalue weighted by Gasteiger charge is -2.03. The van der Waals surface area contributed by atoms with Crippen LogP contribution in [0.1, 0.15) is 21.5 Å². The van der Waals surface area contributed by atoms with E-state index in [0.717, 1.165) is 16.7 Å². The van der Waals surface area contributed by atoms with Crippen molar-refractivity contribution in [2.24, 2.45) is 0 Å². The van der Waals surface area contributed by atoms with Gasteiger partial charge in [-0.05, 0) is 25.0 Å². The van der Waals surface area contributed by atoms with Crippen LogP contribution in [-0.4, -0.2) is 5.52 Å². The molecule has 1 nitrogen and oxygen atoms in total. The second kappa shape index (κ2) is 3.15. The fraction of sp³-hybridized carbons (Fsp3) is 0.222. The molecule has 0 aliphatic carbocycles. The zero-order valence-corrected chi connectivity index (χ0v) is 7.87. The first kappa shape index (κ1) is 8.42. The molecule has 0 amide bonds. The van der Waals surface area contributed by atoms with Crippen LogP contribution in [-0.2, 0) is 0 Å². The van der Waals surface area contributed by atoms with Gasteiger partial charge in [-0.1, -0.05) is 27.4 Å². The zero-order valence-electron chi connectivity index (χ0n) is 6.72. The zero-order chi connectivity index (χ0) is 8.43. The van der Waals surface area contributed by atoms with Crippen LogP contribution in [0.15, 0.2) is 18.2 Å². The summed E-state index contributed by atoms with van der Waals surface area (Å²) in [5.41, 5.74) is 2.99. The lowest BCUT2D eigenvalue weighted by Crippen LogP contribution is -1.95. The number of benzene rings is 1. The molecule has 0 saturated heterocycles. The summed E-state index contributed by atoms with van der Waals surface area (Å²) in [6.45, 7) is 3.90.